The van der Waals surface area contributed by atoms with Crippen LogP contribution in [0.1, 0.15) is 17.0 Å². The number of rotatable bonds is 2. The quantitative estimate of drug-likeness (QED) is 0.793. The first-order chi connectivity index (χ1) is 12.5. The lowest BCUT2D eigenvalue weighted by Gasteiger charge is -2.17. The van der Waals surface area contributed by atoms with Gasteiger partial charge in [0.05, 0.1) is 12.2 Å². The molecule has 0 radical (unpaired) electrons. The lowest BCUT2D eigenvalue weighted by atomic mass is 10.0. The van der Waals surface area contributed by atoms with E-state index in [0.717, 1.165) is 16.4 Å². The summed E-state index contributed by atoms with van der Waals surface area (Å²) in [5, 5.41) is 11.5. The van der Waals surface area contributed by atoms with Gasteiger partial charge in [-0.1, -0.05) is 12.8 Å². The van der Waals surface area contributed by atoms with Crippen LogP contribution in [0, 0.1) is 28.9 Å². The highest BCUT2D eigenvalue weighted by Gasteiger charge is 2.57. The molecule has 132 valence electrons. The Balaban J connectivity index is 1.49. The lowest BCUT2D eigenvalue weighted by Crippen LogP contribution is -2.37. The van der Waals surface area contributed by atoms with Gasteiger partial charge in [-0.3, -0.25) is 0 Å². The molecular weight excluding hydrogens is 362 g/mol. The number of hydrogen-bond acceptors (Lipinski definition) is 5. The van der Waals surface area contributed by atoms with E-state index in [1.54, 1.807) is 0 Å². The fraction of sp³-hybridized carbons (Fsp3) is 0.235. The maximum Gasteiger partial charge on any atom is 0.333 e. The fourth-order valence-electron chi connectivity index (χ4n) is 3.24. The monoisotopic (exact) mass is 374 g/mol. The maximum absolute atomic E-state index is 14.1. The predicted octanol–water partition coefficient (Wildman–Crippen LogP) is 2.77. The predicted molar refractivity (Wildman–Crippen MR) is 90.8 cm³/mol. The zero-order valence-electron chi connectivity index (χ0n) is 13.2. The van der Waals surface area contributed by atoms with Crippen molar-refractivity contribution in [2.45, 2.75) is 12.0 Å². The number of anilines is 1. The van der Waals surface area contributed by atoms with Crippen LogP contribution in [0.2, 0.25) is 0 Å². The molecule has 9 heteroatoms. The first kappa shape index (κ1) is 16.6. The molecular formula is C17H12F2N4O2S. The largest absolute Gasteiger partial charge is 0.490 e. The number of halogens is 2. The average Bonchev–Trinajstić information content (AvgIpc) is 3.36. The van der Waals surface area contributed by atoms with E-state index in [9.17, 15) is 13.6 Å². The molecule has 1 aromatic carbocycles. The van der Waals surface area contributed by atoms with Crippen molar-refractivity contribution in [3.05, 3.63) is 53.2 Å². The number of carbonyl (C=O) groups is 1. The highest BCUT2D eigenvalue weighted by molar-refractivity contribution is 7.82. The van der Waals surface area contributed by atoms with Gasteiger partial charge in [0, 0.05) is 29.6 Å². The number of hydrogen-bond donors (Lipinski definition) is 2. The molecule has 1 aliphatic carbocycles. The molecule has 1 saturated carbocycles. The Hall–Kier alpha value is -2.86. The minimum Gasteiger partial charge on any atom is -0.490 e. The molecule has 26 heavy (non-hydrogen) atoms. The number of nitrogens with one attached hydrogen (secondary N) is 1. The molecule has 2 amide bonds. The molecule has 0 spiro atoms. The van der Waals surface area contributed by atoms with Crippen LogP contribution in [0.4, 0.5) is 19.4 Å². The molecule has 2 heterocycles. The lowest BCUT2D eigenvalue weighted by molar-refractivity contribution is 0.245. The summed E-state index contributed by atoms with van der Waals surface area (Å²) in [5.41, 5.74) is 0.518. The maximum atomic E-state index is 14.1. The van der Waals surface area contributed by atoms with Gasteiger partial charge in [-0.2, -0.15) is 5.26 Å². The Morgan fingerprint density at radius 2 is 2.12 bits per heavy atom. The van der Waals surface area contributed by atoms with Gasteiger partial charge >= 0.3 is 6.03 Å². The van der Waals surface area contributed by atoms with Crippen LogP contribution in [-0.4, -0.2) is 23.7 Å². The Labute approximate surface area is 152 Å². The third-order valence-corrected chi connectivity index (χ3v) is 4.98. The van der Waals surface area contributed by atoms with Crippen LogP contribution in [0.25, 0.3) is 0 Å². The standard InChI is InChI=1S/C17H12F2N4O2S/c18-10-2-3-11(19)16-14(10)13-9(7-25-16)15(13)22-17(24)23(26)12-4-1-8(5-20)6-21-12/h1-4,6,9,13,15,26H,7H2,(H,22,24). The number of ether oxygens (including phenoxy) is 1. The summed E-state index contributed by atoms with van der Waals surface area (Å²) in [4.78, 5) is 16.4. The molecule has 0 saturated heterocycles. The first-order valence-electron chi connectivity index (χ1n) is 7.77. The van der Waals surface area contributed by atoms with Gasteiger partial charge in [-0.05, 0) is 24.3 Å². The molecule has 1 aromatic heterocycles. The number of thiol groups is 1. The molecule has 0 bridgehead atoms. The number of amides is 2. The van der Waals surface area contributed by atoms with Crippen LogP contribution in [0.3, 0.4) is 0 Å². The fourth-order valence-corrected chi connectivity index (χ4v) is 3.42. The molecule has 2 aromatic rings. The number of nitriles is 1. The normalized spacial score (nSPS) is 22.3. The summed E-state index contributed by atoms with van der Waals surface area (Å²) in [7, 11) is 0. The number of urea groups is 1. The van der Waals surface area contributed by atoms with E-state index in [4.69, 9.17) is 10.00 Å². The van der Waals surface area contributed by atoms with Gasteiger partial charge in [0.2, 0.25) is 0 Å². The highest BCUT2D eigenvalue weighted by atomic mass is 32.1. The van der Waals surface area contributed by atoms with Gasteiger partial charge in [0.1, 0.15) is 17.7 Å². The molecule has 3 unspecified atom stereocenters. The number of nitrogens with zero attached hydrogens (tertiary/aromatic N) is 3. The third-order valence-electron chi connectivity index (χ3n) is 4.59. The molecule has 6 nitrogen and oxygen atoms in total. The third kappa shape index (κ3) is 2.63. The zero-order chi connectivity index (χ0) is 18.4. The smallest absolute Gasteiger partial charge is 0.333 e. The SMILES string of the molecule is N#Cc1ccc(N(S)C(=O)NC2C3COc4c(F)ccc(F)c4C32)nc1. The van der Waals surface area contributed by atoms with Crippen LogP contribution in [-0.2, 0) is 0 Å². The Kier molecular flexibility index (Phi) is 3.92. The second kappa shape index (κ2) is 6.14. The first-order valence-corrected chi connectivity index (χ1v) is 8.17. The molecule has 1 N–H and O–H groups in total. The number of benzene rings is 1. The summed E-state index contributed by atoms with van der Waals surface area (Å²) in [5.74, 6) is -1.48. The molecule has 1 aliphatic heterocycles. The number of pyridine rings is 1. The van der Waals surface area contributed by atoms with E-state index >= 15 is 0 Å². The summed E-state index contributed by atoms with van der Waals surface area (Å²) >= 11 is 4.12. The Bertz CT molecular complexity index is 932. The Morgan fingerprint density at radius 1 is 1.35 bits per heavy atom. The van der Waals surface area contributed by atoms with Crippen molar-refractivity contribution in [3.63, 3.8) is 0 Å². The second-order valence-electron chi connectivity index (χ2n) is 6.08. The summed E-state index contributed by atoms with van der Waals surface area (Å²) < 4.78 is 34.3. The number of fused-ring (bicyclic) bond motifs is 3. The van der Waals surface area contributed by atoms with Gasteiger partial charge in [-0.15, -0.1) is 0 Å². The number of aromatic nitrogens is 1. The minimum atomic E-state index is -0.616. The van der Waals surface area contributed by atoms with Crippen molar-refractivity contribution in [3.8, 4) is 11.8 Å². The van der Waals surface area contributed by atoms with Crippen LogP contribution in [0.5, 0.6) is 5.75 Å². The van der Waals surface area contributed by atoms with E-state index < -0.39 is 17.7 Å². The van der Waals surface area contributed by atoms with Crippen molar-refractivity contribution < 1.29 is 18.3 Å². The van der Waals surface area contributed by atoms with Crippen molar-refractivity contribution in [1.82, 2.24) is 10.3 Å². The van der Waals surface area contributed by atoms with E-state index in [0.29, 0.717) is 5.56 Å². The van der Waals surface area contributed by atoms with Gasteiger partial charge < -0.3 is 10.1 Å². The van der Waals surface area contributed by atoms with Gasteiger partial charge in [-0.25, -0.2) is 22.9 Å². The van der Waals surface area contributed by atoms with Gasteiger partial charge in [0.15, 0.2) is 11.6 Å². The average molecular weight is 374 g/mol. The van der Waals surface area contributed by atoms with Gasteiger partial charge in [0.25, 0.3) is 0 Å². The second-order valence-corrected chi connectivity index (χ2v) is 6.48. The minimum absolute atomic E-state index is 0.0838. The van der Waals surface area contributed by atoms with Crippen LogP contribution >= 0.6 is 12.8 Å². The summed E-state index contributed by atoms with van der Waals surface area (Å²) in [6.45, 7) is 0.199. The van der Waals surface area contributed by atoms with E-state index in [1.807, 2.05) is 6.07 Å². The molecule has 1 fully saturated rings. The Morgan fingerprint density at radius 3 is 2.81 bits per heavy atom. The van der Waals surface area contributed by atoms with Crippen molar-refractivity contribution in [2.75, 3.05) is 10.9 Å². The van der Waals surface area contributed by atoms with Crippen molar-refractivity contribution in [1.29, 1.82) is 5.26 Å². The molecule has 2 aliphatic rings. The van der Waals surface area contributed by atoms with E-state index in [-0.39, 0.29) is 41.6 Å². The van der Waals surface area contributed by atoms with Crippen molar-refractivity contribution in [2.24, 2.45) is 5.92 Å². The van der Waals surface area contributed by atoms with Crippen LogP contribution < -0.4 is 14.4 Å². The van der Waals surface area contributed by atoms with E-state index in [2.05, 4.69) is 23.1 Å². The highest BCUT2D eigenvalue weighted by Crippen LogP contribution is 2.55. The van der Waals surface area contributed by atoms with Crippen molar-refractivity contribution >= 4 is 24.7 Å². The topological polar surface area (TPSA) is 78.2 Å². The molecule has 3 atom stereocenters. The molecule has 4 rings (SSSR count). The van der Waals surface area contributed by atoms with Crippen LogP contribution in [0.15, 0.2) is 30.5 Å². The summed E-state index contributed by atoms with van der Waals surface area (Å²) in [6, 6.07) is 6.08. The number of carbonyl (C=O) groups excluding carboxylic acids is 1. The van der Waals surface area contributed by atoms with E-state index in [1.165, 1.54) is 18.3 Å². The summed E-state index contributed by atoms with van der Waals surface area (Å²) in [6.07, 6.45) is 1.32. The zero-order valence-corrected chi connectivity index (χ0v) is 14.1.